The molecule has 3 amide bonds. The summed E-state index contributed by atoms with van der Waals surface area (Å²) in [5, 5.41) is 0. The van der Waals surface area contributed by atoms with Crippen molar-refractivity contribution in [3.8, 4) is 0 Å². The molecule has 0 aliphatic carbocycles. The molecular weight excluding hydrogens is 196 g/mol. The van der Waals surface area contributed by atoms with Crippen LogP contribution in [0.1, 0.15) is 13.3 Å². The Bertz CT molecular complexity index is 386. The zero-order valence-electron chi connectivity index (χ0n) is 8.69. The first-order valence-corrected chi connectivity index (χ1v) is 4.83. The minimum absolute atomic E-state index is 0.153. The number of likely N-dealkylation sites (N-methyl/N-ethyl adjacent to an activating group) is 1. The molecule has 0 radical (unpaired) electrons. The van der Waals surface area contributed by atoms with Crippen LogP contribution in [0.5, 0.6) is 0 Å². The summed E-state index contributed by atoms with van der Waals surface area (Å²) in [6.45, 7) is 2.18. The maximum absolute atomic E-state index is 11.6. The molecule has 1 saturated heterocycles. The number of hydrogen-bond acceptors (Lipinski definition) is 3. The molecule has 2 aliphatic rings. The fourth-order valence-corrected chi connectivity index (χ4v) is 1.95. The number of rotatable bonds is 1. The number of carbonyl (C=O) groups is 3. The number of amides is 3. The lowest BCUT2D eigenvalue weighted by molar-refractivity contribution is -0.146. The summed E-state index contributed by atoms with van der Waals surface area (Å²) in [6, 6.07) is -0.594. The fraction of sp³-hybridized carbons (Fsp3) is 0.500. The lowest BCUT2D eigenvalue weighted by atomic mass is 10.2. The molecular formula is C10H12N2O3. The molecule has 0 bridgehead atoms. The SMILES string of the molecule is CC1=CC(=O)N(C2CCN(C)C2=O)C1=O. The molecule has 5 nitrogen and oxygen atoms in total. The van der Waals surface area contributed by atoms with Crippen LogP contribution in [0.25, 0.3) is 0 Å². The summed E-state index contributed by atoms with van der Waals surface area (Å²) in [6.07, 6.45) is 1.82. The average molecular weight is 208 g/mol. The van der Waals surface area contributed by atoms with Crippen molar-refractivity contribution in [2.24, 2.45) is 0 Å². The van der Waals surface area contributed by atoms with Gasteiger partial charge in [-0.2, -0.15) is 0 Å². The second kappa shape index (κ2) is 3.18. The van der Waals surface area contributed by atoms with Crippen LogP contribution in [0.2, 0.25) is 0 Å². The van der Waals surface area contributed by atoms with Gasteiger partial charge in [0.25, 0.3) is 11.8 Å². The molecule has 80 valence electrons. The van der Waals surface area contributed by atoms with Crippen molar-refractivity contribution in [3.63, 3.8) is 0 Å². The molecule has 0 saturated carbocycles. The molecule has 0 aromatic carbocycles. The van der Waals surface area contributed by atoms with E-state index in [4.69, 9.17) is 0 Å². The molecule has 0 spiro atoms. The van der Waals surface area contributed by atoms with E-state index < -0.39 is 6.04 Å². The van der Waals surface area contributed by atoms with Crippen molar-refractivity contribution in [1.29, 1.82) is 0 Å². The Balaban J connectivity index is 2.24. The molecule has 0 aromatic heterocycles. The Labute approximate surface area is 87.3 Å². The van der Waals surface area contributed by atoms with Gasteiger partial charge in [-0.1, -0.05) is 0 Å². The summed E-state index contributed by atoms with van der Waals surface area (Å²) < 4.78 is 0. The van der Waals surface area contributed by atoms with Gasteiger partial charge >= 0.3 is 0 Å². The van der Waals surface area contributed by atoms with E-state index in [1.165, 1.54) is 6.08 Å². The molecule has 0 N–H and O–H groups in total. The summed E-state index contributed by atoms with van der Waals surface area (Å²) in [5.74, 6) is -0.861. The quantitative estimate of drug-likeness (QED) is 0.547. The highest BCUT2D eigenvalue weighted by Crippen LogP contribution is 2.22. The predicted octanol–water partition coefficient (Wildman–Crippen LogP) is -0.468. The summed E-state index contributed by atoms with van der Waals surface area (Å²) in [7, 11) is 1.67. The average Bonchev–Trinajstić information content (AvgIpc) is 2.60. The molecule has 1 fully saturated rings. The number of hydrogen-bond donors (Lipinski definition) is 0. The van der Waals surface area contributed by atoms with Crippen molar-refractivity contribution in [3.05, 3.63) is 11.6 Å². The normalized spacial score (nSPS) is 26.7. The zero-order valence-corrected chi connectivity index (χ0v) is 8.69. The smallest absolute Gasteiger partial charge is 0.257 e. The summed E-state index contributed by atoms with van der Waals surface area (Å²) in [5.41, 5.74) is 0.405. The van der Waals surface area contributed by atoms with Gasteiger partial charge in [-0.3, -0.25) is 19.3 Å². The third kappa shape index (κ3) is 1.35. The van der Waals surface area contributed by atoms with Crippen molar-refractivity contribution in [1.82, 2.24) is 9.80 Å². The molecule has 5 heteroatoms. The Morgan fingerprint density at radius 2 is 2.00 bits per heavy atom. The first kappa shape index (κ1) is 9.89. The number of nitrogens with zero attached hydrogens (tertiary/aromatic N) is 2. The molecule has 2 aliphatic heterocycles. The molecule has 15 heavy (non-hydrogen) atoms. The third-order valence-corrected chi connectivity index (χ3v) is 2.84. The molecule has 0 aromatic rings. The second-order valence-electron chi connectivity index (χ2n) is 3.91. The Hall–Kier alpha value is -1.65. The molecule has 2 heterocycles. The zero-order chi connectivity index (χ0) is 11.2. The van der Waals surface area contributed by atoms with E-state index in [0.29, 0.717) is 18.5 Å². The van der Waals surface area contributed by atoms with Crippen LogP contribution < -0.4 is 0 Å². The van der Waals surface area contributed by atoms with Crippen LogP contribution in [0.15, 0.2) is 11.6 Å². The highest BCUT2D eigenvalue weighted by molar-refractivity contribution is 6.17. The Morgan fingerprint density at radius 3 is 2.40 bits per heavy atom. The minimum atomic E-state index is -0.594. The number of carbonyl (C=O) groups excluding carboxylic acids is 3. The summed E-state index contributed by atoms with van der Waals surface area (Å²) in [4.78, 5) is 37.4. The van der Waals surface area contributed by atoms with Crippen molar-refractivity contribution in [2.45, 2.75) is 19.4 Å². The van der Waals surface area contributed by atoms with E-state index in [0.717, 1.165) is 4.90 Å². The molecule has 1 unspecified atom stereocenters. The van der Waals surface area contributed by atoms with Gasteiger partial charge in [-0.15, -0.1) is 0 Å². The minimum Gasteiger partial charge on any atom is -0.344 e. The first-order valence-electron chi connectivity index (χ1n) is 4.83. The van der Waals surface area contributed by atoms with Crippen molar-refractivity contribution < 1.29 is 14.4 Å². The standard InChI is InChI=1S/C10H12N2O3/c1-6-5-8(13)12(9(6)14)7-3-4-11(2)10(7)15/h5,7H,3-4H2,1-2H3. The third-order valence-electron chi connectivity index (χ3n) is 2.84. The van der Waals surface area contributed by atoms with Crippen LogP contribution in [0, 0.1) is 0 Å². The van der Waals surface area contributed by atoms with Gasteiger partial charge in [0, 0.05) is 25.2 Å². The van der Waals surface area contributed by atoms with E-state index in [1.54, 1.807) is 18.9 Å². The van der Waals surface area contributed by atoms with E-state index in [-0.39, 0.29) is 17.7 Å². The van der Waals surface area contributed by atoms with Gasteiger partial charge in [-0.25, -0.2) is 0 Å². The number of imide groups is 1. The second-order valence-corrected chi connectivity index (χ2v) is 3.91. The largest absolute Gasteiger partial charge is 0.344 e. The van der Waals surface area contributed by atoms with Crippen molar-refractivity contribution in [2.75, 3.05) is 13.6 Å². The van der Waals surface area contributed by atoms with Gasteiger partial charge in [0.15, 0.2) is 0 Å². The van der Waals surface area contributed by atoms with E-state index in [1.807, 2.05) is 0 Å². The maximum Gasteiger partial charge on any atom is 0.257 e. The van der Waals surface area contributed by atoms with Crippen LogP contribution in [0.3, 0.4) is 0 Å². The monoisotopic (exact) mass is 208 g/mol. The van der Waals surface area contributed by atoms with Gasteiger partial charge < -0.3 is 4.90 Å². The first-order chi connectivity index (χ1) is 7.02. The number of likely N-dealkylation sites (tertiary alicyclic amines) is 1. The van der Waals surface area contributed by atoms with Crippen LogP contribution in [0.4, 0.5) is 0 Å². The van der Waals surface area contributed by atoms with Crippen LogP contribution >= 0.6 is 0 Å². The molecule has 2 rings (SSSR count). The van der Waals surface area contributed by atoms with Crippen LogP contribution in [-0.4, -0.2) is 47.2 Å². The fourth-order valence-electron chi connectivity index (χ4n) is 1.95. The van der Waals surface area contributed by atoms with Gasteiger partial charge in [0.1, 0.15) is 6.04 Å². The van der Waals surface area contributed by atoms with Crippen molar-refractivity contribution >= 4 is 17.7 Å². The highest BCUT2D eigenvalue weighted by atomic mass is 16.2. The molecule has 1 atom stereocenters. The summed E-state index contributed by atoms with van der Waals surface area (Å²) >= 11 is 0. The lowest BCUT2D eigenvalue weighted by Gasteiger charge is -2.20. The van der Waals surface area contributed by atoms with Crippen LogP contribution in [-0.2, 0) is 14.4 Å². The highest BCUT2D eigenvalue weighted by Gasteiger charge is 2.42. The predicted molar refractivity (Wildman–Crippen MR) is 51.7 cm³/mol. The van der Waals surface area contributed by atoms with Gasteiger partial charge in [0.2, 0.25) is 5.91 Å². The Kier molecular flexibility index (Phi) is 2.10. The van der Waals surface area contributed by atoms with E-state index >= 15 is 0 Å². The Morgan fingerprint density at radius 1 is 1.33 bits per heavy atom. The topological polar surface area (TPSA) is 57.7 Å². The van der Waals surface area contributed by atoms with E-state index in [9.17, 15) is 14.4 Å². The van der Waals surface area contributed by atoms with E-state index in [2.05, 4.69) is 0 Å². The lowest BCUT2D eigenvalue weighted by Crippen LogP contribution is -2.44. The van der Waals surface area contributed by atoms with Gasteiger partial charge in [0.05, 0.1) is 0 Å². The maximum atomic E-state index is 11.6. The van der Waals surface area contributed by atoms with Gasteiger partial charge in [-0.05, 0) is 13.3 Å².